The van der Waals surface area contributed by atoms with Gasteiger partial charge in [0.1, 0.15) is 5.82 Å². The van der Waals surface area contributed by atoms with Crippen LogP contribution in [0, 0.1) is 5.92 Å². The SMILES string of the molecule is CC(C)COCCCNC1CCN(c2ccccn2)CC1. The molecule has 1 aliphatic rings. The van der Waals surface area contributed by atoms with Gasteiger partial charge in [0.25, 0.3) is 0 Å². The lowest BCUT2D eigenvalue weighted by atomic mass is 10.0. The highest BCUT2D eigenvalue weighted by molar-refractivity contribution is 5.38. The molecule has 2 heterocycles. The molecule has 0 spiro atoms. The fraction of sp³-hybridized carbons (Fsp3) is 0.706. The van der Waals surface area contributed by atoms with Gasteiger partial charge in [0.15, 0.2) is 0 Å². The molecule has 1 aromatic heterocycles. The Morgan fingerprint density at radius 1 is 1.33 bits per heavy atom. The molecule has 4 heteroatoms. The normalized spacial score (nSPS) is 16.6. The van der Waals surface area contributed by atoms with Crippen molar-refractivity contribution < 1.29 is 4.74 Å². The summed E-state index contributed by atoms with van der Waals surface area (Å²) >= 11 is 0. The van der Waals surface area contributed by atoms with Crippen LogP contribution < -0.4 is 10.2 Å². The van der Waals surface area contributed by atoms with Gasteiger partial charge in [-0.3, -0.25) is 0 Å². The van der Waals surface area contributed by atoms with Gasteiger partial charge in [0, 0.05) is 38.5 Å². The van der Waals surface area contributed by atoms with E-state index in [1.165, 1.54) is 12.8 Å². The van der Waals surface area contributed by atoms with Crippen LogP contribution in [-0.2, 0) is 4.74 Å². The maximum atomic E-state index is 5.60. The van der Waals surface area contributed by atoms with Crippen LogP contribution in [0.1, 0.15) is 33.1 Å². The third-order valence-electron chi connectivity index (χ3n) is 3.82. The van der Waals surface area contributed by atoms with Crippen LogP contribution in [0.15, 0.2) is 24.4 Å². The number of pyridine rings is 1. The summed E-state index contributed by atoms with van der Waals surface area (Å²) in [5.41, 5.74) is 0. The zero-order chi connectivity index (χ0) is 14.9. The van der Waals surface area contributed by atoms with Gasteiger partial charge in [-0.2, -0.15) is 0 Å². The van der Waals surface area contributed by atoms with Gasteiger partial charge in [-0.05, 0) is 43.9 Å². The molecule has 4 nitrogen and oxygen atoms in total. The maximum absolute atomic E-state index is 5.60. The van der Waals surface area contributed by atoms with Gasteiger partial charge in [-0.15, -0.1) is 0 Å². The minimum Gasteiger partial charge on any atom is -0.381 e. The minimum atomic E-state index is 0.633. The molecule has 0 atom stereocenters. The average molecular weight is 291 g/mol. The van der Waals surface area contributed by atoms with Crippen LogP contribution in [0.4, 0.5) is 5.82 Å². The molecule has 1 fully saturated rings. The number of aromatic nitrogens is 1. The molecule has 0 radical (unpaired) electrons. The lowest BCUT2D eigenvalue weighted by molar-refractivity contribution is 0.107. The standard InChI is InChI=1S/C17H29N3O/c1-15(2)14-21-13-5-10-18-16-7-11-20(12-8-16)17-6-3-4-9-19-17/h3-4,6,9,15-16,18H,5,7-8,10-14H2,1-2H3. The van der Waals surface area contributed by atoms with Crippen molar-refractivity contribution in [2.75, 3.05) is 37.7 Å². The van der Waals surface area contributed by atoms with E-state index < -0.39 is 0 Å². The number of ether oxygens (including phenoxy) is 1. The average Bonchev–Trinajstić information content (AvgIpc) is 2.52. The van der Waals surface area contributed by atoms with E-state index in [1.54, 1.807) is 0 Å². The summed E-state index contributed by atoms with van der Waals surface area (Å²) in [6, 6.07) is 6.78. The predicted octanol–water partition coefficient (Wildman–Crippen LogP) is 2.70. The Labute approximate surface area is 128 Å². The first-order chi connectivity index (χ1) is 10.3. The number of nitrogens with zero attached hydrogens (tertiary/aromatic N) is 2. The highest BCUT2D eigenvalue weighted by atomic mass is 16.5. The summed E-state index contributed by atoms with van der Waals surface area (Å²) < 4.78 is 5.60. The monoisotopic (exact) mass is 291 g/mol. The molecular weight excluding hydrogens is 262 g/mol. The smallest absolute Gasteiger partial charge is 0.128 e. The van der Waals surface area contributed by atoms with Crippen LogP contribution in [0.5, 0.6) is 0 Å². The molecule has 0 unspecified atom stereocenters. The summed E-state index contributed by atoms with van der Waals surface area (Å²) in [7, 11) is 0. The van der Waals surface area contributed by atoms with Crippen LogP contribution in [-0.4, -0.2) is 43.9 Å². The van der Waals surface area contributed by atoms with Crippen LogP contribution in [0.3, 0.4) is 0 Å². The summed E-state index contributed by atoms with van der Waals surface area (Å²) in [4.78, 5) is 6.81. The maximum Gasteiger partial charge on any atom is 0.128 e. The fourth-order valence-corrected chi connectivity index (χ4v) is 2.65. The highest BCUT2D eigenvalue weighted by Crippen LogP contribution is 2.17. The summed E-state index contributed by atoms with van der Waals surface area (Å²) in [5.74, 6) is 1.74. The highest BCUT2D eigenvalue weighted by Gasteiger charge is 2.19. The summed E-state index contributed by atoms with van der Waals surface area (Å²) in [5, 5.41) is 3.65. The third kappa shape index (κ3) is 6.02. The fourth-order valence-electron chi connectivity index (χ4n) is 2.65. The van der Waals surface area contributed by atoms with Crippen molar-refractivity contribution in [2.24, 2.45) is 5.92 Å². The lowest BCUT2D eigenvalue weighted by Crippen LogP contribution is -2.43. The van der Waals surface area contributed by atoms with Gasteiger partial charge in [0.05, 0.1) is 0 Å². The molecule has 2 rings (SSSR count). The quantitative estimate of drug-likeness (QED) is 0.747. The Bertz CT molecular complexity index is 375. The Balaban J connectivity index is 1.55. The molecule has 0 saturated carbocycles. The van der Waals surface area contributed by atoms with Crippen molar-refractivity contribution in [3.63, 3.8) is 0 Å². The molecule has 0 aliphatic carbocycles. The van der Waals surface area contributed by atoms with Gasteiger partial charge < -0.3 is 15.0 Å². The van der Waals surface area contributed by atoms with E-state index in [1.807, 2.05) is 12.3 Å². The van der Waals surface area contributed by atoms with Crippen LogP contribution >= 0.6 is 0 Å². The minimum absolute atomic E-state index is 0.633. The van der Waals surface area contributed by atoms with Crippen molar-refractivity contribution in [3.05, 3.63) is 24.4 Å². The second kappa shape index (κ2) is 9.00. The van der Waals surface area contributed by atoms with Gasteiger partial charge in [-0.25, -0.2) is 4.98 Å². The molecule has 1 aliphatic heterocycles. The van der Waals surface area contributed by atoms with Crippen LogP contribution in [0.25, 0.3) is 0 Å². The topological polar surface area (TPSA) is 37.4 Å². The molecule has 0 amide bonds. The summed E-state index contributed by atoms with van der Waals surface area (Å²) in [6.07, 6.45) is 5.37. The number of anilines is 1. The Morgan fingerprint density at radius 3 is 2.81 bits per heavy atom. The van der Waals surface area contributed by atoms with Crippen LogP contribution in [0.2, 0.25) is 0 Å². The number of nitrogens with one attached hydrogen (secondary N) is 1. The Morgan fingerprint density at radius 2 is 2.14 bits per heavy atom. The molecule has 1 aromatic rings. The van der Waals surface area contributed by atoms with Crippen molar-refractivity contribution in [3.8, 4) is 0 Å². The molecule has 0 aromatic carbocycles. The lowest BCUT2D eigenvalue weighted by Gasteiger charge is -2.33. The van der Waals surface area contributed by atoms with Gasteiger partial charge >= 0.3 is 0 Å². The molecule has 21 heavy (non-hydrogen) atoms. The van der Waals surface area contributed by atoms with E-state index in [-0.39, 0.29) is 0 Å². The van der Waals surface area contributed by atoms with Crippen molar-refractivity contribution in [2.45, 2.75) is 39.2 Å². The predicted molar refractivity (Wildman–Crippen MR) is 87.7 cm³/mol. The zero-order valence-corrected chi connectivity index (χ0v) is 13.4. The second-order valence-corrected chi connectivity index (χ2v) is 6.23. The number of hydrogen-bond donors (Lipinski definition) is 1. The third-order valence-corrected chi connectivity index (χ3v) is 3.82. The van der Waals surface area contributed by atoms with E-state index in [0.717, 1.165) is 45.1 Å². The van der Waals surface area contributed by atoms with E-state index in [4.69, 9.17) is 4.74 Å². The zero-order valence-electron chi connectivity index (χ0n) is 13.4. The molecule has 118 valence electrons. The molecular formula is C17H29N3O. The first-order valence-corrected chi connectivity index (χ1v) is 8.23. The van der Waals surface area contributed by atoms with Crippen molar-refractivity contribution >= 4 is 5.82 Å². The molecule has 1 saturated heterocycles. The van der Waals surface area contributed by atoms with Gasteiger partial charge in [0.2, 0.25) is 0 Å². The molecule has 0 bridgehead atoms. The van der Waals surface area contributed by atoms with Crippen molar-refractivity contribution in [1.29, 1.82) is 0 Å². The number of piperidine rings is 1. The van der Waals surface area contributed by atoms with E-state index in [2.05, 4.69) is 41.2 Å². The second-order valence-electron chi connectivity index (χ2n) is 6.23. The number of rotatable bonds is 8. The Hall–Kier alpha value is -1.13. The van der Waals surface area contributed by atoms with Gasteiger partial charge in [-0.1, -0.05) is 19.9 Å². The first-order valence-electron chi connectivity index (χ1n) is 8.23. The molecule has 1 N–H and O–H groups in total. The van der Waals surface area contributed by atoms with E-state index in [0.29, 0.717) is 12.0 Å². The summed E-state index contributed by atoms with van der Waals surface area (Å²) in [6.45, 7) is 9.38. The van der Waals surface area contributed by atoms with E-state index in [9.17, 15) is 0 Å². The first kappa shape index (κ1) is 16.2. The largest absolute Gasteiger partial charge is 0.381 e. The number of hydrogen-bond acceptors (Lipinski definition) is 4. The van der Waals surface area contributed by atoms with Crippen molar-refractivity contribution in [1.82, 2.24) is 10.3 Å². The van der Waals surface area contributed by atoms with E-state index >= 15 is 0 Å². The Kier molecular flexibility index (Phi) is 6.96.